The second-order valence-electron chi connectivity index (χ2n) is 6.30. The fourth-order valence-electron chi connectivity index (χ4n) is 2.80. The Morgan fingerprint density at radius 3 is 2.60 bits per heavy atom. The zero-order valence-electron chi connectivity index (χ0n) is 16.6. The molecule has 0 radical (unpaired) electrons. The summed E-state index contributed by atoms with van der Waals surface area (Å²) in [7, 11) is -2.46. The van der Waals surface area contributed by atoms with Crippen molar-refractivity contribution in [3.05, 3.63) is 65.9 Å². The summed E-state index contributed by atoms with van der Waals surface area (Å²) >= 11 is 0. The minimum atomic E-state index is -3.85. The molecule has 3 rings (SSSR count). The lowest BCUT2D eigenvalue weighted by Gasteiger charge is -2.12. The molecule has 0 bridgehead atoms. The van der Waals surface area contributed by atoms with E-state index in [-0.39, 0.29) is 35.3 Å². The minimum absolute atomic E-state index is 0.00746. The summed E-state index contributed by atoms with van der Waals surface area (Å²) < 4.78 is 43.6. The standard InChI is InChI=1S/C21H22N2O6S/c1-3-28-21(24)17-14-19(29-23-17)16-9-10-18(27-2)20(13-16)30(25,26)22-12-11-15-7-5-4-6-8-15/h4-10,13-14,22H,3,11-12H2,1-2H3. The summed E-state index contributed by atoms with van der Waals surface area (Å²) in [6.07, 6.45) is 0.549. The van der Waals surface area contributed by atoms with Gasteiger partial charge in [-0.3, -0.25) is 0 Å². The van der Waals surface area contributed by atoms with Gasteiger partial charge in [-0.25, -0.2) is 17.9 Å². The Bertz CT molecular complexity index is 1110. The molecule has 8 nitrogen and oxygen atoms in total. The lowest BCUT2D eigenvalue weighted by molar-refractivity contribution is 0.0514. The van der Waals surface area contributed by atoms with E-state index in [0.29, 0.717) is 12.0 Å². The van der Waals surface area contributed by atoms with Gasteiger partial charge in [0.15, 0.2) is 11.5 Å². The lowest BCUT2D eigenvalue weighted by atomic mass is 10.1. The van der Waals surface area contributed by atoms with Crippen LogP contribution in [0.15, 0.2) is 64.0 Å². The largest absolute Gasteiger partial charge is 0.495 e. The topological polar surface area (TPSA) is 108 Å². The van der Waals surface area contributed by atoms with Crippen LogP contribution in [0.25, 0.3) is 11.3 Å². The summed E-state index contributed by atoms with van der Waals surface area (Å²) in [6, 6.07) is 15.5. The van der Waals surface area contributed by atoms with Crippen molar-refractivity contribution in [3.8, 4) is 17.1 Å². The van der Waals surface area contributed by atoms with E-state index in [4.69, 9.17) is 14.0 Å². The molecule has 1 heterocycles. The van der Waals surface area contributed by atoms with Gasteiger partial charge in [0.25, 0.3) is 0 Å². The van der Waals surface area contributed by atoms with Crippen molar-refractivity contribution in [2.24, 2.45) is 0 Å². The summed E-state index contributed by atoms with van der Waals surface area (Å²) in [5.41, 5.74) is 1.46. The number of carbonyl (C=O) groups is 1. The Balaban J connectivity index is 1.82. The molecule has 9 heteroatoms. The Labute approximate surface area is 174 Å². The van der Waals surface area contributed by atoms with Crippen molar-refractivity contribution in [1.82, 2.24) is 9.88 Å². The molecule has 30 heavy (non-hydrogen) atoms. The summed E-state index contributed by atoms with van der Waals surface area (Å²) in [5.74, 6) is -0.186. The average Bonchev–Trinajstić information content (AvgIpc) is 3.24. The quantitative estimate of drug-likeness (QED) is 0.520. The molecule has 0 amide bonds. The fourth-order valence-corrected chi connectivity index (χ4v) is 4.03. The Kier molecular flexibility index (Phi) is 6.86. The Morgan fingerprint density at radius 1 is 1.13 bits per heavy atom. The third-order valence-electron chi connectivity index (χ3n) is 4.28. The number of rotatable bonds is 9. The molecule has 0 atom stereocenters. The van der Waals surface area contributed by atoms with Crippen LogP contribution in [-0.2, 0) is 21.2 Å². The van der Waals surface area contributed by atoms with Gasteiger partial charge in [0, 0.05) is 18.2 Å². The van der Waals surface area contributed by atoms with Gasteiger partial charge in [0.2, 0.25) is 10.0 Å². The third-order valence-corrected chi connectivity index (χ3v) is 5.76. The van der Waals surface area contributed by atoms with E-state index >= 15 is 0 Å². The first-order valence-corrected chi connectivity index (χ1v) is 10.8. The zero-order chi connectivity index (χ0) is 21.6. The van der Waals surface area contributed by atoms with Crippen molar-refractivity contribution in [2.75, 3.05) is 20.3 Å². The fraction of sp³-hybridized carbons (Fsp3) is 0.238. The maximum absolute atomic E-state index is 12.9. The van der Waals surface area contributed by atoms with Crippen LogP contribution in [0, 0.1) is 0 Å². The first-order chi connectivity index (χ1) is 14.4. The van der Waals surface area contributed by atoms with Crippen molar-refractivity contribution in [3.63, 3.8) is 0 Å². The molecule has 1 aromatic heterocycles. The van der Waals surface area contributed by atoms with Crippen molar-refractivity contribution in [1.29, 1.82) is 0 Å². The zero-order valence-corrected chi connectivity index (χ0v) is 17.4. The van der Waals surface area contributed by atoms with Crippen molar-refractivity contribution < 1.29 is 27.2 Å². The van der Waals surface area contributed by atoms with Crippen LogP contribution in [0.2, 0.25) is 0 Å². The number of aromatic nitrogens is 1. The molecule has 2 aromatic carbocycles. The molecule has 0 unspecified atom stereocenters. The highest BCUT2D eigenvalue weighted by molar-refractivity contribution is 7.89. The van der Waals surface area contributed by atoms with Gasteiger partial charge in [-0.05, 0) is 37.1 Å². The van der Waals surface area contributed by atoms with Gasteiger partial charge in [-0.1, -0.05) is 35.5 Å². The number of esters is 1. The second-order valence-corrected chi connectivity index (χ2v) is 8.03. The maximum atomic E-state index is 12.9. The van der Waals surface area contributed by atoms with Gasteiger partial charge in [0.1, 0.15) is 10.6 Å². The highest BCUT2D eigenvalue weighted by atomic mass is 32.2. The average molecular weight is 430 g/mol. The molecule has 158 valence electrons. The summed E-state index contributed by atoms with van der Waals surface area (Å²) in [6.45, 7) is 2.12. The van der Waals surface area contributed by atoms with Crippen LogP contribution in [0.3, 0.4) is 0 Å². The third kappa shape index (κ3) is 5.05. The van der Waals surface area contributed by atoms with Crippen molar-refractivity contribution >= 4 is 16.0 Å². The number of sulfonamides is 1. The molecule has 0 aliphatic rings. The number of hydrogen-bond donors (Lipinski definition) is 1. The number of benzene rings is 2. The molecule has 0 spiro atoms. The molecule has 0 saturated carbocycles. The van der Waals surface area contributed by atoms with Gasteiger partial charge >= 0.3 is 5.97 Å². The van der Waals surface area contributed by atoms with E-state index in [0.717, 1.165) is 5.56 Å². The van der Waals surface area contributed by atoms with E-state index in [1.54, 1.807) is 13.0 Å². The molecule has 3 aromatic rings. The molecular formula is C21H22N2O6S. The Hall–Kier alpha value is -3.17. The van der Waals surface area contributed by atoms with Crippen LogP contribution in [0.5, 0.6) is 5.75 Å². The predicted octanol–water partition coefficient (Wildman–Crippen LogP) is 3.05. The van der Waals surface area contributed by atoms with E-state index in [9.17, 15) is 13.2 Å². The van der Waals surface area contributed by atoms with E-state index < -0.39 is 16.0 Å². The number of hydrogen-bond acceptors (Lipinski definition) is 7. The molecule has 1 N–H and O–H groups in total. The van der Waals surface area contributed by atoms with Crippen molar-refractivity contribution in [2.45, 2.75) is 18.2 Å². The normalized spacial score (nSPS) is 11.3. The monoisotopic (exact) mass is 430 g/mol. The highest BCUT2D eigenvalue weighted by Crippen LogP contribution is 2.30. The number of carbonyl (C=O) groups excluding carboxylic acids is 1. The van der Waals surface area contributed by atoms with Crippen LogP contribution in [0.1, 0.15) is 23.0 Å². The van der Waals surface area contributed by atoms with Crippen LogP contribution >= 0.6 is 0 Å². The number of nitrogens with zero attached hydrogens (tertiary/aromatic N) is 1. The maximum Gasteiger partial charge on any atom is 0.360 e. The number of nitrogens with one attached hydrogen (secondary N) is 1. The second kappa shape index (κ2) is 9.55. The molecule has 0 fully saturated rings. The molecule has 0 aliphatic heterocycles. The van der Waals surface area contributed by atoms with Crippen LogP contribution in [0.4, 0.5) is 0 Å². The predicted molar refractivity (Wildman–Crippen MR) is 110 cm³/mol. The lowest BCUT2D eigenvalue weighted by Crippen LogP contribution is -2.26. The highest BCUT2D eigenvalue weighted by Gasteiger charge is 2.22. The number of methoxy groups -OCH3 is 1. The smallest absolute Gasteiger partial charge is 0.360 e. The SMILES string of the molecule is CCOC(=O)c1cc(-c2ccc(OC)c(S(=O)(=O)NCCc3ccccc3)c2)on1. The minimum Gasteiger partial charge on any atom is -0.495 e. The number of ether oxygens (including phenoxy) is 2. The first-order valence-electron chi connectivity index (χ1n) is 9.30. The van der Waals surface area contributed by atoms with Gasteiger partial charge in [-0.2, -0.15) is 0 Å². The van der Waals surface area contributed by atoms with Crippen LogP contribution in [-0.4, -0.2) is 39.8 Å². The first kappa shape index (κ1) is 21.5. The van der Waals surface area contributed by atoms with Gasteiger partial charge in [0.05, 0.1) is 13.7 Å². The summed E-state index contributed by atoms with van der Waals surface area (Å²) in [5, 5.41) is 3.68. The van der Waals surface area contributed by atoms with Gasteiger partial charge in [-0.15, -0.1) is 0 Å². The van der Waals surface area contributed by atoms with Crippen LogP contribution < -0.4 is 9.46 Å². The molecule has 0 saturated heterocycles. The van der Waals surface area contributed by atoms with Gasteiger partial charge < -0.3 is 14.0 Å². The van der Waals surface area contributed by atoms with E-state index in [1.807, 2.05) is 30.3 Å². The molecule has 0 aliphatic carbocycles. The Morgan fingerprint density at radius 2 is 1.90 bits per heavy atom. The van der Waals surface area contributed by atoms with E-state index in [1.165, 1.54) is 25.3 Å². The van der Waals surface area contributed by atoms with E-state index in [2.05, 4.69) is 9.88 Å². The summed E-state index contributed by atoms with van der Waals surface area (Å²) in [4.78, 5) is 11.7. The molecular weight excluding hydrogens is 408 g/mol.